The second-order valence-electron chi connectivity index (χ2n) is 3.85. The average Bonchev–Trinajstić information content (AvgIpc) is 2.57. The van der Waals surface area contributed by atoms with Crippen LogP contribution < -0.4 is 0 Å². The summed E-state index contributed by atoms with van der Waals surface area (Å²) < 4.78 is 27.3. The van der Waals surface area contributed by atoms with E-state index in [1.807, 2.05) is 0 Å². The van der Waals surface area contributed by atoms with E-state index in [0.717, 1.165) is 8.56 Å². The van der Waals surface area contributed by atoms with Crippen LogP contribution >= 0.6 is 31.9 Å². The van der Waals surface area contributed by atoms with Crippen molar-refractivity contribution in [1.82, 2.24) is 9.19 Å². The third-order valence-corrected chi connectivity index (χ3v) is 5.52. The largest absolute Gasteiger partial charge is 0.284 e. The molecule has 4 nitrogen and oxygen atoms in total. The summed E-state index contributed by atoms with van der Waals surface area (Å²) in [6.07, 6.45) is 0. The highest BCUT2D eigenvalue weighted by molar-refractivity contribution is 9.11. The van der Waals surface area contributed by atoms with Gasteiger partial charge in [0.1, 0.15) is 4.90 Å². The molecule has 0 saturated carbocycles. The number of benzene rings is 1. The number of aryl methyl sites for hydroxylation is 2. The van der Waals surface area contributed by atoms with Gasteiger partial charge in [0.15, 0.2) is 0 Å². The molecule has 1 aromatic heterocycles. The Balaban J connectivity index is 2.65. The van der Waals surface area contributed by atoms with Crippen LogP contribution in [0.5, 0.6) is 0 Å². The summed E-state index contributed by atoms with van der Waals surface area (Å²) in [6, 6.07) is 6.65. The molecule has 7 heteroatoms. The zero-order valence-corrected chi connectivity index (χ0v) is 13.7. The van der Waals surface area contributed by atoms with E-state index in [9.17, 15) is 8.42 Å². The predicted octanol–water partition coefficient (Wildman–Crippen LogP) is 3.26. The summed E-state index contributed by atoms with van der Waals surface area (Å²) in [5.41, 5.74) is 1.26. The van der Waals surface area contributed by atoms with E-state index in [-0.39, 0.29) is 4.90 Å². The second kappa shape index (κ2) is 4.79. The number of aromatic nitrogens is 2. The molecule has 0 N–H and O–H groups in total. The van der Waals surface area contributed by atoms with E-state index in [1.54, 1.807) is 38.1 Å². The monoisotopic (exact) mass is 392 g/mol. The molecule has 18 heavy (non-hydrogen) atoms. The van der Waals surface area contributed by atoms with E-state index < -0.39 is 10.0 Å². The Morgan fingerprint density at radius 1 is 1.17 bits per heavy atom. The van der Waals surface area contributed by atoms with Gasteiger partial charge in [-0.05, 0) is 54.0 Å². The van der Waals surface area contributed by atoms with Gasteiger partial charge in [-0.25, -0.2) is 0 Å². The minimum atomic E-state index is -3.66. The van der Waals surface area contributed by atoms with E-state index in [2.05, 4.69) is 37.0 Å². The third kappa shape index (κ3) is 2.39. The number of nitrogens with zero attached hydrogens (tertiary/aromatic N) is 2. The Labute approximate surface area is 122 Å². The van der Waals surface area contributed by atoms with Gasteiger partial charge in [-0.1, -0.05) is 15.9 Å². The number of hydrogen-bond acceptors (Lipinski definition) is 3. The quantitative estimate of drug-likeness (QED) is 0.786. The topological polar surface area (TPSA) is 52.0 Å². The second-order valence-corrected chi connectivity index (χ2v) is 7.36. The fourth-order valence-corrected chi connectivity index (χ4v) is 4.69. The van der Waals surface area contributed by atoms with Crippen LogP contribution in [0.2, 0.25) is 0 Å². The fourth-order valence-electron chi connectivity index (χ4n) is 1.63. The lowest BCUT2D eigenvalue weighted by atomic mass is 10.4. The molecule has 0 unspecified atom stereocenters. The molecule has 0 bridgehead atoms. The van der Waals surface area contributed by atoms with Crippen LogP contribution in [0.25, 0.3) is 0 Å². The van der Waals surface area contributed by atoms with Crippen LogP contribution in [0.1, 0.15) is 11.4 Å². The van der Waals surface area contributed by atoms with Crippen molar-refractivity contribution in [2.45, 2.75) is 18.7 Å². The van der Waals surface area contributed by atoms with Crippen LogP contribution in [0.15, 0.2) is 38.1 Å². The molecule has 0 spiro atoms. The lowest BCUT2D eigenvalue weighted by Gasteiger charge is -2.08. The maximum Gasteiger partial charge on any atom is 0.284 e. The number of halogens is 2. The standard InChI is InChI=1S/C11H10Br2N2O2S/c1-7-5-8(2)15(14-7)18(16,17)11-4-3-9(12)6-10(11)13/h3-6H,1-2H3. The maximum absolute atomic E-state index is 12.5. The zero-order chi connectivity index (χ0) is 13.5. The Morgan fingerprint density at radius 2 is 1.83 bits per heavy atom. The van der Waals surface area contributed by atoms with Gasteiger partial charge in [-0.2, -0.15) is 17.6 Å². The molecule has 1 aromatic carbocycles. The van der Waals surface area contributed by atoms with Crippen molar-refractivity contribution in [3.05, 3.63) is 44.6 Å². The van der Waals surface area contributed by atoms with Crippen molar-refractivity contribution in [2.75, 3.05) is 0 Å². The fraction of sp³-hybridized carbons (Fsp3) is 0.182. The van der Waals surface area contributed by atoms with Crippen LogP contribution in [-0.4, -0.2) is 17.6 Å². The maximum atomic E-state index is 12.5. The first-order valence-corrected chi connectivity index (χ1v) is 8.09. The van der Waals surface area contributed by atoms with Crippen molar-refractivity contribution >= 4 is 41.9 Å². The van der Waals surface area contributed by atoms with Crippen molar-refractivity contribution in [3.63, 3.8) is 0 Å². The summed E-state index contributed by atoms with van der Waals surface area (Å²) in [7, 11) is -3.66. The zero-order valence-electron chi connectivity index (χ0n) is 9.68. The molecule has 0 amide bonds. The first kappa shape index (κ1) is 13.8. The van der Waals surface area contributed by atoms with Gasteiger partial charge >= 0.3 is 0 Å². The normalized spacial score (nSPS) is 11.8. The number of rotatable bonds is 2. The molecule has 1 heterocycles. The highest BCUT2D eigenvalue weighted by Crippen LogP contribution is 2.27. The molecule has 0 aliphatic heterocycles. The molecular weight excluding hydrogens is 384 g/mol. The van der Waals surface area contributed by atoms with E-state index in [4.69, 9.17) is 0 Å². The minimum Gasteiger partial charge on any atom is -0.199 e. The lowest BCUT2D eigenvalue weighted by Crippen LogP contribution is -2.16. The van der Waals surface area contributed by atoms with Gasteiger partial charge in [0.2, 0.25) is 0 Å². The molecule has 0 fully saturated rings. The van der Waals surface area contributed by atoms with E-state index >= 15 is 0 Å². The Kier molecular flexibility index (Phi) is 3.66. The summed E-state index contributed by atoms with van der Waals surface area (Å²) in [4.78, 5) is 0.192. The van der Waals surface area contributed by atoms with Crippen molar-refractivity contribution < 1.29 is 8.42 Å². The van der Waals surface area contributed by atoms with E-state index in [0.29, 0.717) is 15.9 Å². The van der Waals surface area contributed by atoms with Crippen molar-refractivity contribution in [3.8, 4) is 0 Å². The van der Waals surface area contributed by atoms with E-state index in [1.165, 1.54) is 0 Å². The summed E-state index contributed by atoms with van der Waals surface area (Å²) in [5.74, 6) is 0. The minimum absolute atomic E-state index is 0.192. The van der Waals surface area contributed by atoms with Crippen LogP contribution in [0.4, 0.5) is 0 Å². The first-order valence-electron chi connectivity index (χ1n) is 5.06. The summed E-state index contributed by atoms with van der Waals surface area (Å²) in [6.45, 7) is 3.47. The Morgan fingerprint density at radius 3 is 2.33 bits per heavy atom. The summed E-state index contributed by atoms with van der Waals surface area (Å²) >= 11 is 6.55. The summed E-state index contributed by atoms with van der Waals surface area (Å²) in [5, 5.41) is 4.02. The molecule has 0 aliphatic rings. The van der Waals surface area contributed by atoms with Crippen LogP contribution in [0.3, 0.4) is 0 Å². The van der Waals surface area contributed by atoms with Crippen LogP contribution in [-0.2, 0) is 10.0 Å². The van der Waals surface area contributed by atoms with Gasteiger partial charge in [0.25, 0.3) is 10.0 Å². The van der Waals surface area contributed by atoms with Crippen LogP contribution in [0, 0.1) is 13.8 Å². The first-order chi connectivity index (χ1) is 8.32. The smallest absolute Gasteiger partial charge is 0.199 e. The molecular formula is C11H10Br2N2O2S. The number of hydrogen-bond donors (Lipinski definition) is 0. The SMILES string of the molecule is Cc1cc(C)n(S(=O)(=O)c2ccc(Br)cc2Br)n1. The van der Waals surface area contributed by atoms with Gasteiger partial charge < -0.3 is 0 Å². The molecule has 0 saturated heterocycles. The third-order valence-electron chi connectivity index (χ3n) is 2.37. The molecule has 0 atom stereocenters. The molecule has 0 radical (unpaired) electrons. The van der Waals surface area contributed by atoms with Gasteiger partial charge in [-0.3, -0.25) is 0 Å². The molecule has 2 rings (SSSR count). The molecule has 96 valence electrons. The average molecular weight is 394 g/mol. The highest BCUT2D eigenvalue weighted by atomic mass is 79.9. The molecule has 2 aromatic rings. The highest BCUT2D eigenvalue weighted by Gasteiger charge is 2.22. The van der Waals surface area contributed by atoms with Gasteiger partial charge in [0, 0.05) is 8.95 Å². The Hall–Kier alpha value is -0.660. The van der Waals surface area contributed by atoms with Gasteiger partial charge in [-0.15, -0.1) is 0 Å². The predicted molar refractivity (Wildman–Crippen MR) is 76.1 cm³/mol. The van der Waals surface area contributed by atoms with Gasteiger partial charge in [0.05, 0.1) is 11.4 Å². The van der Waals surface area contributed by atoms with Crippen molar-refractivity contribution in [1.29, 1.82) is 0 Å². The Bertz CT molecular complexity index is 708. The lowest BCUT2D eigenvalue weighted by molar-refractivity contribution is 0.577. The molecule has 0 aliphatic carbocycles. The van der Waals surface area contributed by atoms with Crippen molar-refractivity contribution in [2.24, 2.45) is 0 Å².